The Morgan fingerprint density at radius 1 is 1.00 bits per heavy atom. The second-order valence-electron chi connectivity index (χ2n) is 2.52. The highest BCUT2D eigenvalue weighted by Gasteiger charge is 2.18. The first-order valence-corrected chi connectivity index (χ1v) is 3.45. The zero-order valence-electron chi connectivity index (χ0n) is 5.74. The molecule has 1 rings (SSSR count). The van der Waals surface area contributed by atoms with Crippen LogP contribution in [0.25, 0.3) is 0 Å². The Hall–Kier alpha value is -0.220. The summed E-state index contributed by atoms with van der Waals surface area (Å²) in [7, 11) is 0. The van der Waals surface area contributed by atoms with Crippen LogP contribution in [0.4, 0.5) is 8.78 Å². The fraction of sp³-hybridized carbons (Fsp3) is 1.00. The molecule has 1 fully saturated rings. The standard InChI is InChI=1S/C6H12F2N2/c7-1-5-3-10-6(2-8)4-9-5/h5-6,9-10H,1-4H2/t5-,6+. The summed E-state index contributed by atoms with van der Waals surface area (Å²) in [5.74, 6) is 0. The highest BCUT2D eigenvalue weighted by Crippen LogP contribution is 1.94. The van der Waals surface area contributed by atoms with Gasteiger partial charge >= 0.3 is 0 Å². The maximum absolute atomic E-state index is 11.9. The lowest BCUT2D eigenvalue weighted by molar-refractivity contribution is 0.264. The Kier molecular flexibility index (Phi) is 3.02. The van der Waals surface area contributed by atoms with Crippen LogP contribution in [0.3, 0.4) is 0 Å². The topological polar surface area (TPSA) is 24.1 Å². The van der Waals surface area contributed by atoms with E-state index in [1.165, 1.54) is 0 Å². The first kappa shape index (κ1) is 7.88. The second-order valence-corrected chi connectivity index (χ2v) is 2.52. The van der Waals surface area contributed by atoms with E-state index in [4.69, 9.17) is 0 Å². The van der Waals surface area contributed by atoms with E-state index >= 15 is 0 Å². The van der Waals surface area contributed by atoms with E-state index in [1.807, 2.05) is 0 Å². The van der Waals surface area contributed by atoms with Crippen molar-refractivity contribution < 1.29 is 8.78 Å². The second kappa shape index (κ2) is 3.83. The summed E-state index contributed by atoms with van der Waals surface area (Å²) in [5, 5.41) is 5.78. The Balaban J connectivity index is 2.17. The van der Waals surface area contributed by atoms with Crippen LogP contribution in [-0.4, -0.2) is 38.5 Å². The van der Waals surface area contributed by atoms with Gasteiger partial charge in [-0.3, -0.25) is 0 Å². The van der Waals surface area contributed by atoms with E-state index in [9.17, 15) is 8.78 Å². The third-order valence-corrected chi connectivity index (χ3v) is 1.68. The predicted octanol–water partition coefficient (Wildman–Crippen LogP) is -0.145. The fourth-order valence-corrected chi connectivity index (χ4v) is 0.980. The van der Waals surface area contributed by atoms with Gasteiger partial charge in [0.2, 0.25) is 0 Å². The first-order valence-electron chi connectivity index (χ1n) is 3.45. The molecule has 10 heavy (non-hydrogen) atoms. The molecule has 4 heteroatoms. The number of hydrogen-bond donors (Lipinski definition) is 2. The third kappa shape index (κ3) is 1.88. The molecule has 1 aliphatic heterocycles. The molecule has 1 aliphatic rings. The number of piperazine rings is 1. The summed E-state index contributed by atoms with van der Waals surface area (Å²) < 4.78 is 23.8. The molecule has 1 heterocycles. The molecule has 2 nitrogen and oxygen atoms in total. The number of alkyl halides is 2. The summed E-state index contributed by atoms with van der Waals surface area (Å²) in [6, 6.07) is -0.245. The van der Waals surface area contributed by atoms with Crippen LogP contribution in [0.2, 0.25) is 0 Å². The van der Waals surface area contributed by atoms with Gasteiger partial charge in [-0.05, 0) is 0 Å². The smallest absolute Gasteiger partial charge is 0.106 e. The lowest BCUT2D eigenvalue weighted by atomic mass is 10.2. The minimum Gasteiger partial charge on any atom is -0.309 e. The number of nitrogens with one attached hydrogen (secondary N) is 2. The SMILES string of the molecule is FC[C@@H]1CN[C@@H](CF)CN1. The fourth-order valence-electron chi connectivity index (χ4n) is 0.980. The molecule has 0 unspecified atom stereocenters. The molecule has 2 N–H and O–H groups in total. The van der Waals surface area contributed by atoms with Crippen LogP contribution in [0, 0.1) is 0 Å². The largest absolute Gasteiger partial charge is 0.309 e. The van der Waals surface area contributed by atoms with Gasteiger partial charge in [0.15, 0.2) is 0 Å². The molecule has 0 aromatic carbocycles. The normalized spacial score (nSPS) is 34.2. The molecule has 0 aliphatic carbocycles. The monoisotopic (exact) mass is 150 g/mol. The van der Waals surface area contributed by atoms with Crippen LogP contribution in [-0.2, 0) is 0 Å². The van der Waals surface area contributed by atoms with Gasteiger partial charge in [0.1, 0.15) is 13.3 Å². The average Bonchev–Trinajstić information content (AvgIpc) is 2.05. The Bertz CT molecular complexity index is 79.7. The van der Waals surface area contributed by atoms with Crippen molar-refractivity contribution in [3.05, 3.63) is 0 Å². The zero-order valence-corrected chi connectivity index (χ0v) is 5.74. The van der Waals surface area contributed by atoms with Crippen molar-refractivity contribution in [1.82, 2.24) is 10.6 Å². The van der Waals surface area contributed by atoms with Crippen LogP contribution in [0.15, 0.2) is 0 Å². The van der Waals surface area contributed by atoms with Gasteiger partial charge in [-0.15, -0.1) is 0 Å². The Morgan fingerprint density at radius 2 is 1.40 bits per heavy atom. The lowest BCUT2D eigenvalue weighted by Crippen LogP contribution is -2.55. The molecule has 0 bridgehead atoms. The van der Waals surface area contributed by atoms with Crippen molar-refractivity contribution in [2.75, 3.05) is 26.4 Å². The zero-order chi connectivity index (χ0) is 7.40. The van der Waals surface area contributed by atoms with Crippen LogP contribution in [0.5, 0.6) is 0 Å². The van der Waals surface area contributed by atoms with E-state index < -0.39 is 0 Å². The van der Waals surface area contributed by atoms with Crippen molar-refractivity contribution in [3.63, 3.8) is 0 Å². The predicted molar refractivity (Wildman–Crippen MR) is 35.5 cm³/mol. The molecule has 1 saturated heterocycles. The minimum atomic E-state index is -0.383. The van der Waals surface area contributed by atoms with Gasteiger partial charge < -0.3 is 10.6 Å². The number of halogens is 2. The lowest BCUT2D eigenvalue weighted by Gasteiger charge is -2.27. The maximum atomic E-state index is 11.9. The Labute approximate surface area is 59.0 Å². The molecule has 60 valence electrons. The molecule has 0 spiro atoms. The summed E-state index contributed by atoms with van der Waals surface area (Å²) in [6.45, 7) is 0.300. The van der Waals surface area contributed by atoms with Gasteiger partial charge in [0.25, 0.3) is 0 Å². The molecule has 0 saturated carbocycles. The van der Waals surface area contributed by atoms with Crippen molar-refractivity contribution >= 4 is 0 Å². The summed E-state index contributed by atoms with van der Waals surface area (Å²) in [4.78, 5) is 0. The quantitative estimate of drug-likeness (QED) is 0.572. The maximum Gasteiger partial charge on any atom is 0.106 e. The average molecular weight is 150 g/mol. The molecular weight excluding hydrogens is 138 g/mol. The van der Waals surface area contributed by atoms with Crippen molar-refractivity contribution in [1.29, 1.82) is 0 Å². The van der Waals surface area contributed by atoms with Gasteiger partial charge in [0, 0.05) is 25.2 Å². The van der Waals surface area contributed by atoms with Crippen LogP contribution in [0.1, 0.15) is 0 Å². The highest BCUT2D eigenvalue weighted by molar-refractivity contribution is 4.81. The van der Waals surface area contributed by atoms with E-state index in [2.05, 4.69) is 10.6 Å². The molecule has 0 radical (unpaired) electrons. The molecule has 2 atom stereocenters. The van der Waals surface area contributed by atoms with Crippen molar-refractivity contribution in [2.45, 2.75) is 12.1 Å². The molecule has 0 amide bonds. The van der Waals surface area contributed by atoms with Crippen LogP contribution < -0.4 is 10.6 Å². The Morgan fingerprint density at radius 3 is 1.60 bits per heavy atom. The van der Waals surface area contributed by atoms with Gasteiger partial charge in [0.05, 0.1) is 0 Å². The van der Waals surface area contributed by atoms with Crippen molar-refractivity contribution in [2.24, 2.45) is 0 Å². The van der Waals surface area contributed by atoms with E-state index in [-0.39, 0.29) is 25.4 Å². The molecule has 0 aromatic rings. The minimum absolute atomic E-state index is 0.122. The summed E-state index contributed by atoms with van der Waals surface area (Å²) in [5.41, 5.74) is 0. The summed E-state index contributed by atoms with van der Waals surface area (Å²) in [6.07, 6.45) is 0. The van der Waals surface area contributed by atoms with Crippen molar-refractivity contribution in [3.8, 4) is 0 Å². The summed E-state index contributed by atoms with van der Waals surface area (Å²) >= 11 is 0. The van der Waals surface area contributed by atoms with E-state index in [1.54, 1.807) is 0 Å². The van der Waals surface area contributed by atoms with E-state index in [0.29, 0.717) is 13.1 Å². The number of hydrogen-bond acceptors (Lipinski definition) is 2. The van der Waals surface area contributed by atoms with Crippen LogP contribution >= 0.6 is 0 Å². The van der Waals surface area contributed by atoms with E-state index in [0.717, 1.165) is 0 Å². The first-order chi connectivity index (χ1) is 4.86. The number of rotatable bonds is 2. The molecular formula is C6H12F2N2. The third-order valence-electron chi connectivity index (χ3n) is 1.68. The van der Waals surface area contributed by atoms with Gasteiger partial charge in [-0.25, -0.2) is 8.78 Å². The highest BCUT2D eigenvalue weighted by atomic mass is 19.1. The van der Waals surface area contributed by atoms with Gasteiger partial charge in [-0.1, -0.05) is 0 Å². The van der Waals surface area contributed by atoms with Gasteiger partial charge in [-0.2, -0.15) is 0 Å². The molecule has 0 aromatic heterocycles.